The molecule has 2 amide bonds. The van der Waals surface area contributed by atoms with Gasteiger partial charge in [-0.1, -0.05) is 41.6 Å². The van der Waals surface area contributed by atoms with Crippen molar-refractivity contribution in [2.75, 3.05) is 48.5 Å². The monoisotopic (exact) mass is 531 g/mol. The van der Waals surface area contributed by atoms with Crippen LogP contribution in [0.15, 0.2) is 78.0 Å². The molecule has 0 aliphatic rings. The van der Waals surface area contributed by atoms with Crippen LogP contribution in [0, 0.1) is 0 Å². The number of oxime groups is 1. The largest absolute Gasteiger partial charge is 0.490 e. The maximum absolute atomic E-state index is 12.6. The summed E-state index contributed by atoms with van der Waals surface area (Å²) in [7, 11) is 8.11. The van der Waals surface area contributed by atoms with Crippen LogP contribution in [0.1, 0.15) is 37.4 Å². The predicted molar refractivity (Wildman–Crippen MR) is 148 cm³/mol. The first-order chi connectivity index (χ1) is 18.7. The fraction of sp³-hybridized carbons (Fsp3) is 0.267. The van der Waals surface area contributed by atoms with Gasteiger partial charge in [-0.2, -0.15) is 0 Å². The Bertz CT molecular complexity index is 1280. The summed E-state index contributed by atoms with van der Waals surface area (Å²) in [5.74, 6) is -0.0213. The Hall–Kier alpha value is -4.66. The van der Waals surface area contributed by atoms with Gasteiger partial charge in [-0.25, -0.2) is 0 Å². The van der Waals surface area contributed by atoms with Gasteiger partial charge in [0, 0.05) is 50.4 Å². The zero-order chi connectivity index (χ0) is 28.4. The third-order valence-electron chi connectivity index (χ3n) is 5.65. The van der Waals surface area contributed by atoms with E-state index in [0.717, 1.165) is 5.56 Å². The van der Waals surface area contributed by atoms with Gasteiger partial charge < -0.3 is 24.1 Å². The van der Waals surface area contributed by atoms with Crippen LogP contribution in [0.2, 0.25) is 0 Å². The number of esters is 1. The van der Waals surface area contributed by atoms with Crippen molar-refractivity contribution >= 4 is 23.5 Å². The highest BCUT2D eigenvalue weighted by atomic mass is 16.6. The highest BCUT2D eigenvalue weighted by molar-refractivity contribution is 6.14. The normalized spacial score (nSPS) is 10.3. The first-order valence-corrected chi connectivity index (χ1v) is 12.3. The van der Waals surface area contributed by atoms with E-state index in [1.165, 1.54) is 16.9 Å². The van der Waals surface area contributed by atoms with Crippen LogP contribution in [0.5, 0.6) is 5.75 Å². The molecule has 0 bridgehead atoms. The van der Waals surface area contributed by atoms with Crippen molar-refractivity contribution in [2.45, 2.75) is 6.42 Å². The molecule has 204 valence electrons. The van der Waals surface area contributed by atoms with Gasteiger partial charge in [0.1, 0.15) is 18.1 Å². The standard InChI is InChI=1S/C30H33N3O6/c1-32(2)29(35)24-12-7-10-22(19-24)28(23-11-8-13-25(20-23)30(36)33(3)4)31-39-16-15-38-26-14-6-9-21(17-26)18-27(34)37-5/h6-14,17,19-20H,15-16,18H2,1-5H3. The summed E-state index contributed by atoms with van der Waals surface area (Å²) >= 11 is 0. The molecule has 9 heteroatoms. The molecule has 0 aliphatic carbocycles. The third-order valence-corrected chi connectivity index (χ3v) is 5.65. The van der Waals surface area contributed by atoms with E-state index < -0.39 is 0 Å². The van der Waals surface area contributed by atoms with Crippen LogP contribution in [0.3, 0.4) is 0 Å². The fourth-order valence-electron chi connectivity index (χ4n) is 3.68. The second-order valence-corrected chi connectivity index (χ2v) is 9.08. The van der Waals surface area contributed by atoms with Crippen LogP contribution in [0.25, 0.3) is 0 Å². The molecule has 0 atom stereocenters. The maximum atomic E-state index is 12.6. The Balaban J connectivity index is 1.81. The molecule has 3 aromatic carbocycles. The molecule has 0 N–H and O–H groups in total. The fourth-order valence-corrected chi connectivity index (χ4v) is 3.68. The second-order valence-electron chi connectivity index (χ2n) is 9.08. The molecule has 3 aromatic rings. The van der Waals surface area contributed by atoms with Crippen LogP contribution in [-0.4, -0.2) is 81.8 Å². The van der Waals surface area contributed by atoms with Crippen molar-refractivity contribution in [3.8, 4) is 5.75 Å². The minimum Gasteiger partial charge on any atom is -0.490 e. The van der Waals surface area contributed by atoms with Crippen molar-refractivity contribution in [3.63, 3.8) is 0 Å². The van der Waals surface area contributed by atoms with Gasteiger partial charge >= 0.3 is 5.97 Å². The van der Waals surface area contributed by atoms with Crippen molar-refractivity contribution in [3.05, 3.63) is 101 Å². The van der Waals surface area contributed by atoms with Gasteiger partial charge in [-0.05, 0) is 42.0 Å². The second kappa shape index (κ2) is 13.8. The average molecular weight is 532 g/mol. The van der Waals surface area contributed by atoms with Gasteiger partial charge in [0.25, 0.3) is 11.8 Å². The smallest absolute Gasteiger partial charge is 0.309 e. The molecule has 0 fully saturated rings. The lowest BCUT2D eigenvalue weighted by atomic mass is 9.98. The van der Waals surface area contributed by atoms with Gasteiger partial charge in [-0.15, -0.1) is 0 Å². The highest BCUT2D eigenvalue weighted by Gasteiger charge is 2.16. The molecule has 0 heterocycles. The lowest BCUT2D eigenvalue weighted by Gasteiger charge is -2.14. The minimum atomic E-state index is -0.329. The molecule has 0 saturated heterocycles. The van der Waals surface area contributed by atoms with Gasteiger partial charge in [0.2, 0.25) is 0 Å². The summed E-state index contributed by atoms with van der Waals surface area (Å²) in [5.41, 5.74) is 3.57. The number of ether oxygens (including phenoxy) is 2. The quantitative estimate of drug-likeness (QED) is 0.162. The van der Waals surface area contributed by atoms with E-state index >= 15 is 0 Å². The van der Waals surface area contributed by atoms with Crippen molar-refractivity contribution < 1.29 is 28.7 Å². The molecule has 0 unspecified atom stereocenters. The number of hydrogen-bond donors (Lipinski definition) is 0. The molecule has 9 nitrogen and oxygen atoms in total. The molecule has 0 aliphatic heterocycles. The van der Waals surface area contributed by atoms with Gasteiger partial charge in [-0.3, -0.25) is 14.4 Å². The summed E-state index contributed by atoms with van der Waals surface area (Å²) in [6, 6.07) is 21.4. The molecule has 0 aromatic heterocycles. The Labute approximate surface area is 228 Å². The molecule has 39 heavy (non-hydrogen) atoms. The number of hydrogen-bond acceptors (Lipinski definition) is 7. The number of carbonyl (C=O) groups is 3. The van der Waals surface area contributed by atoms with E-state index in [9.17, 15) is 14.4 Å². The van der Waals surface area contributed by atoms with Crippen molar-refractivity contribution in [1.82, 2.24) is 9.80 Å². The first-order valence-electron chi connectivity index (χ1n) is 12.3. The van der Waals surface area contributed by atoms with E-state index in [0.29, 0.717) is 33.7 Å². The summed E-state index contributed by atoms with van der Waals surface area (Å²) in [6.45, 7) is 0.341. The predicted octanol–water partition coefficient (Wildman–Crippen LogP) is 3.65. The lowest BCUT2D eigenvalue weighted by Crippen LogP contribution is -2.22. The van der Waals surface area contributed by atoms with E-state index in [1.54, 1.807) is 82.8 Å². The Morgan fingerprint density at radius 3 is 1.79 bits per heavy atom. The number of rotatable bonds is 11. The Kier molecular flexibility index (Phi) is 10.2. The number of methoxy groups -OCH3 is 1. The average Bonchev–Trinajstić information content (AvgIpc) is 2.94. The minimum absolute atomic E-state index is 0.136. The van der Waals surface area contributed by atoms with E-state index in [2.05, 4.69) is 5.16 Å². The lowest BCUT2D eigenvalue weighted by molar-refractivity contribution is -0.139. The summed E-state index contributed by atoms with van der Waals surface area (Å²) < 4.78 is 10.5. The van der Waals surface area contributed by atoms with Crippen LogP contribution >= 0.6 is 0 Å². The highest BCUT2D eigenvalue weighted by Crippen LogP contribution is 2.17. The third kappa shape index (κ3) is 8.16. The SMILES string of the molecule is COC(=O)Cc1cccc(OCCON=C(c2cccc(C(=O)N(C)C)c2)c2cccc(C(=O)N(C)C)c2)c1. The zero-order valence-electron chi connectivity index (χ0n) is 22.8. The molecule has 0 radical (unpaired) electrons. The number of amides is 2. The zero-order valence-corrected chi connectivity index (χ0v) is 22.8. The molecule has 3 rings (SSSR count). The van der Waals surface area contributed by atoms with Gasteiger partial charge in [0.15, 0.2) is 6.61 Å². The summed E-state index contributed by atoms with van der Waals surface area (Å²) in [6.07, 6.45) is 0.155. The first kappa shape index (κ1) is 28.9. The Morgan fingerprint density at radius 2 is 1.26 bits per heavy atom. The maximum Gasteiger partial charge on any atom is 0.309 e. The topological polar surface area (TPSA) is 97.7 Å². The van der Waals surface area contributed by atoms with Gasteiger partial charge in [0.05, 0.1) is 13.5 Å². The van der Waals surface area contributed by atoms with Crippen LogP contribution < -0.4 is 4.74 Å². The van der Waals surface area contributed by atoms with Crippen molar-refractivity contribution in [2.24, 2.45) is 5.16 Å². The Morgan fingerprint density at radius 1 is 0.718 bits per heavy atom. The van der Waals surface area contributed by atoms with Crippen LogP contribution in [-0.2, 0) is 20.8 Å². The number of nitrogens with zero attached hydrogens (tertiary/aromatic N) is 3. The summed E-state index contributed by atoms with van der Waals surface area (Å²) in [5, 5.41) is 4.38. The van der Waals surface area contributed by atoms with E-state index in [1.807, 2.05) is 18.2 Å². The molecular weight excluding hydrogens is 498 g/mol. The molecular formula is C30H33N3O6. The van der Waals surface area contributed by atoms with Crippen molar-refractivity contribution in [1.29, 1.82) is 0 Å². The van der Waals surface area contributed by atoms with E-state index in [-0.39, 0.29) is 37.4 Å². The number of benzene rings is 3. The molecule has 0 spiro atoms. The number of carbonyl (C=O) groups excluding carboxylic acids is 3. The van der Waals surface area contributed by atoms with Crippen LogP contribution in [0.4, 0.5) is 0 Å². The van der Waals surface area contributed by atoms with E-state index in [4.69, 9.17) is 14.3 Å². The summed E-state index contributed by atoms with van der Waals surface area (Å²) in [4.78, 5) is 45.3. The molecule has 0 saturated carbocycles.